The first-order valence-electron chi connectivity index (χ1n) is 6.09. The molecule has 86 valence electrons. The second-order valence-corrected chi connectivity index (χ2v) is 5.45. The van der Waals surface area contributed by atoms with Crippen LogP contribution < -0.4 is 0 Å². The number of aliphatic hydroxyl groups is 1. The SMILES string of the molecule is CCCCCCC(O)(CC)C(C)(C)C. The third-order valence-electron chi connectivity index (χ3n) is 3.42. The van der Waals surface area contributed by atoms with Crippen LogP contribution in [0, 0.1) is 5.41 Å². The number of hydrogen-bond donors (Lipinski definition) is 1. The molecule has 0 aliphatic heterocycles. The minimum atomic E-state index is -0.471. The fraction of sp³-hybridized carbons (Fsp3) is 1.00. The molecule has 1 N–H and O–H groups in total. The maximum absolute atomic E-state index is 10.5. The predicted octanol–water partition coefficient (Wildman–Crippen LogP) is 4.14. The Kier molecular flexibility index (Phi) is 5.73. The lowest BCUT2D eigenvalue weighted by molar-refractivity contribution is -0.0690. The number of unbranched alkanes of at least 4 members (excludes halogenated alkanes) is 3. The van der Waals surface area contributed by atoms with E-state index in [0.717, 1.165) is 19.3 Å². The van der Waals surface area contributed by atoms with Gasteiger partial charge in [0.1, 0.15) is 0 Å². The molecule has 0 heterocycles. The second kappa shape index (κ2) is 5.75. The topological polar surface area (TPSA) is 20.2 Å². The molecule has 1 heteroatoms. The van der Waals surface area contributed by atoms with Crippen LogP contribution in [0.5, 0.6) is 0 Å². The normalized spacial score (nSPS) is 16.7. The van der Waals surface area contributed by atoms with Crippen LogP contribution in [0.1, 0.15) is 73.1 Å². The van der Waals surface area contributed by atoms with E-state index in [1.165, 1.54) is 19.3 Å². The van der Waals surface area contributed by atoms with Gasteiger partial charge in [-0.2, -0.15) is 0 Å². The molecule has 0 aromatic heterocycles. The molecule has 14 heavy (non-hydrogen) atoms. The smallest absolute Gasteiger partial charge is 0.0693 e. The summed E-state index contributed by atoms with van der Waals surface area (Å²) >= 11 is 0. The standard InChI is InChI=1S/C13H28O/c1-6-8-9-10-11-13(14,7-2)12(3,4)5/h14H,6-11H2,1-5H3. The van der Waals surface area contributed by atoms with Crippen LogP contribution in [0.2, 0.25) is 0 Å². The molecule has 0 aliphatic carbocycles. The molecule has 0 saturated carbocycles. The highest BCUT2D eigenvalue weighted by molar-refractivity contribution is 4.89. The molecule has 1 atom stereocenters. The van der Waals surface area contributed by atoms with E-state index in [-0.39, 0.29) is 5.41 Å². The van der Waals surface area contributed by atoms with Crippen LogP contribution in [-0.4, -0.2) is 10.7 Å². The van der Waals surface area contributed by atoms with Gasteiger partial charge in [0.25, 0.3) is 0 Å². The maximum Gasteiger partial charge on any atom is 0.0693 e. The van der Waals surface area contributed by atoms with Crippen molar-refractivity contribution < 1.29 is 5.11 Å². The van der Waals surface area contributed by atoms with Gasteiger partial charge >= 0.3 is 0 Å². The van der Waals surface area contributed by atoms with Gasteiger partial charge in [-0.1, -0.05) is 60.3 Å². The molecule has 0 radical (unpaired) electrons. The summed E-state index contributed by atoms with van der Waals surface area (Å²) in [5.41, 5.74) is -0.464. The van der Waals surface area contributed by atoms with Crippen molar-refractivity contribution in [3.63, 3.8) is 0 Å². The Balaban J connectivity index is 4.01. The minimum absolute atomic E-state index is 0.00790. The molecule has 0 spiro atoms. The summed E-state index contributed by atoms with van der Waals surface area (Å²) < 4.78 is 0. The van der Waals surface area contributed by atoms with Gasteiger partial charge in [-0.15, -0.1) is 0 Å². The molecule has 0 rings (SSSR count). The highest BCUT2D eigenvalue weighted by Gasteiger charge is 2.37. The van der Waals surface area contributed by atoms with Gasteiger partial charge in [0.15, 0.2) is 0 Å². The molecule has 1 unspecified atom stereocenters. The zero-order chi connectivity index (χ0) is 11.2. The third kappa shape index (κ3) is 4.00. The average Bonchev–Trinajstić information content (AvgIpc) is 2.10. The van der Waals surface area contributed by atoms with E-state index in [0.29, 0.717) is 0 Å². The highest BCUT2D eigenvalue weighted by atomic mass is 16.3. The van der Waals surface area contributed by atoms with Gasteiger partial charge < -0.3 is 5.11 Å². The first-order valence-corrected chi connectivity index (χ1v) is 6.09. The van der Waals surface area contributed by atoms with Crippen molar-refractivity contribution >= 4 is 0 Å². The summed E-state index contributed by atoms with van der Waals surface area (Å²) in [6.45, 7) is 10.7. The van der Waals surface area contributed by atoms with Crippen LogP contribution in [0.15, 0.2) is 0 Å². The van der Waals surface area contributed by atoms with E-state index < -0.39 is 5.60 Å². The fourth-order valence-corrected chi connectivity index (χ4v) is 1.93. The molecule has 0 fully saturated rings. The molecule has 0 aromatic rings. The quantitative estimate of drug-likeness (QED) is 0.639. The summed E-state index contributed by atoms with van der Waals surface area (Å²) in [7, 11) is 0. The monoisotopic (exact) mass is 200 g/mol. The van der Waals surface area contributed by atoms with Gasteiger partial charge in [0.05, 0.1) is 5.60 Å². The summed E-state index contributed by atoms with van der Waals surface area (Å²) in [4.78, 5) is 0. The van der Waals surface area contributed by atoms with E-state index >= 15 is 0 Å². The van der Waals surface area contributed by atoms with Gasteiger partial charge in [-0.3, -0.25) is 0 Å². The lowest BCUT2D eigenvalue weighted by atomic mass is 9.72. The van der Waals surface area contributed by atoms with Gasteiger partial charge in [-0.05, 0) is 18.3 Å². The summed E-state index contributed by atoms with van der Waals surface area (Å²) in [6, 6.07) is 0. The van der Waals surface area contributed by atoms with Crippen molar-refractivity contribution in [1.82, 2.24) is 0 Å². The average molecular weight is 200 g/mol. The zero-order valence-corrected chi connectivity index (χ0v) is 10.7. The Morgan fingerprint density at radius 3 is 1.86 bits per heavy atom. The van der Waals surface area contributed by atoms with E-state index in [2.05, 4.69) is 34.6 Å². The summed E-state index contributed by atoms with van der Waals surface area (Å²) in [5.74, 6) is 0. The van der Waals surface area contributed by atoms with Crippen LogP contribution >= 0.6 is 0 Å². The molecular weight excluding hydrogens is 172 g/mol. The van der Waals surface area contributed by atoms with E-state index in [4.69, 9.17) is 0 Å². The second-order valence-electron chi connectivity index (χ2n) is 5.45. The number of hydrogen-bond acceptors (Lipinski definition) is 1. The molecule has 0 aromatic carbocycles. The van der Waals surface area contributed by atoms with Crippen molar-refractivity contribution in [2.24, 2.45) is 5.41 Å². The van der Waals surface area contributed by atoms with E-state index in [1.54, 1.807) is 0 Å². The Morgan fingerprint density at radius 2 is 1.50 bits per heavy atom. The third-order valence-corrected chi connectivity index (χ3v) is 3.42. The predicted molar refractivity (Wildman–Crippen MR) is 63.5 cm³/mol. The molecule has 0 saturated heterocycles. The molecule has 0 bridgehead atoms. The lowest BCUT2D eigenvalue weighted by Crippen LogP contribution is -2.42. The van der Waals surface area contributed by atoms with Crippen LogP contribution in [0.25, 0.3) is 0 Å². The van der Waals surface area contributed by atoms with Gasteiger partial charge in [0.2, 0.25) is 0 Å². The molecule has 0 aliphatic rings. The lowest BCUT2D eigenvalue weighted by Gasteiger charge is -2.40. The highest BCUT2D eigenvalue weighted by Crippen LogP contribution is 2.37. The van der Waals surface area contributed by atoms with Crippen molar-refractivity contribution in [1.29, 1.82) is 0 Å². The van der Waals surface area contributed by atoms with Crippen molar-refractivity contribution in [3.05, 3.63) is 0 Å². The zero-order valence-electron chi connectivity index (χ0n) is 10.7. The maximum atomic E-state index is 10.5. The molecular formula is C13H28O. The van der Waals surface area contributed by atoms with E-state index in [9.17, 15) is 5.11 Å². The van der Waals surface area contributed by atoms with Crippen LogP contribution in [0.3, 0.4) is 0 Å². The van der Waals surface area contributed by atoms with Gasteiger partial charge in [-0.25, -0.2) is 0 Å². The van der Waals surface area contributed by atoms with Crippen molar-refractivity contribution in [3.8, 4) is 0 Å². The summed E-state index contributed by atoms with van der Waals surface area (Å²) in [6.07, 6.45) is 6.80. The molecule has 1 nitrogen and oxygen atoms in total. The fourth-order valence-electron chi connectivity index (χ4n) is 1.93. The van der Waals surface area contributed by atoms with Gasteiger partial charge in [0, 0.05) is 0 Å². The Morgan fingerprint density at radius 1 is 0.929 bits per heavy atom. The van der Waals surface area contributed by atoms with E-state index in [1.807, 2.05) is 0 Å². The van der Waals surface area contributed by atoms with Crippen molar-refractivity contribution in [2.45, 2.75) is 78.7 Å². The Hall–Kier alpha value is -0.0400. The largest absolute Gasteiger partial charge is 0.389 e. The van der Waals surface area contributed by atoms with Crippen molar-refractivity contribution in [2.75, 3.05) is 0 Å². The minimum Gasteiger partial charge on any atom is -0.389 e. The summed E-state index contributed by atoms with van der Waals surface area (Å²) in [5, 5.41) is 10.5. The Labute approximate surface area is 89.9 Å². The first kappa shape index (κ1) is 14.0. The molecule has 0 amide bonds. The number of rotatable bonds is 6. The first-order chi connectivity index (χ1) is 6.37. The van der Waals surface area contributed by atoms with Crippen LogP contribution in [0.4, 0.5) is 0 Å². The Bertz CT molecular complexity index is 146. The van der Waals surface area contributed by atoms with Crippen LogP contribution in [-0.2, 0) is 0 Å².